The summed E-state index contributed by atoms with van der Waals surface area (Å²) in [6.45, 7) is 0.226. The molecular formula is C18H14N2O2S. The Morgan fingerprint density at radius 2 is 1.91 bits per heavy atom. The van der Waals surface area contributed by atoms with Gasteiger partial charge in [-0.2, -0.15) is 0 Å². The Kier molecular flexibility index (Phi) is 4.91. The summed E-state index contributed by atoms with van der Waals surface area (Å²) in [4.78, 5) is 20.9. The quantitative estimate of drug-likeness (QED) is 0.527. The highest BCUT2D eigenvalue weighted by Gasteiger charge is 2.06. The smallest absolute Gasteiger partial charge is 0.331 e. The van der Waals surface area contributed by atoms with Gasteiger partial charge >= 0.3 is 5.97 Å². The lowest BCUT2D eigenvalue weighted by Gasteiger charge is -1.98. The second-order valence-corrected chi connectivity index (χ2v) is 5.83. The van der Waals surface area contributed by atoms with Crippen molar-refractivity contribution < 1.29 is 9.53 Å². The Labute approximate surface area is 138 Å². The van der Waals surface area contributed by atoms with Crippen LogP contribution < -0.4 is 0 Å². The maximum atomic E-state index is 11.7. The average Bonchev–Trinajstić information content (AvgIpc) is 3.09. The topological polar surface area (TPSA) is 52.1 Å². The molecule has 0 saturated carbocycles. The van der Waals surface area contributed by atoms with Gasteiger partial charge < -0.3 is 4.74 Å². The largest absolute Gasteiger partial charge is 0.457 e. The molecule has 0 spiro atoms. The van der Waals surface area contributed by atoms with Crippen LogP contribution in [0.15, 0.2) is 67.1 Å². The van der Waals surface area contributed by atoms with E-state index in [1.165, 1.54) is 17.4 Å². The third-order valence-corrected chi connectivity index (χ3v) is 4.07. The summed E-state index contributed by atoms with van der Waals surface area (Å²) >= 11 is 1.52. The van der Waals surface area contributed by atoms with Gasteiger partial charge in [0.2, 0.25) is 0 Å². The van der Waals surface area contributed by atoms with E-state index < -0.39 is 0 Å². The van der Waals surface area contributed by atoms with Crippen LogP contribution in [-0.4, -0.2) is 15.9 Å². The maximum absolute atomic E-state index is 11.7. The van der Waals surface area contributed by atoms with E-state index in [9.17, 15) is 4.79 Å². The molecule has 2 heterocycles. The molecule has 4 nitrogen and oxygen atoms in total. The van der Waals surface area contributed by atoms with Gasteiger partial charge in [-0.3, -0.25) is 4.98 Å². The van der Waals surface area contributed by atoms with E-state index in [4.69, 9.17) is 4.74 Å². The van der Waals surface area contributed by atoms with Crippen LogP contribution in [-0.2, 0) is 16.1 Å². The predicted octanol–water partition coefficient (Wildman–Crippen LogP) is 3.96. The van der Waals surface area contributed by atoms with Crippen LogP contribution in [0.1, 0.15) is 10.4 Å². The number of rotatable bonds is 5. The number of ether oxygens (including phenoxy) is 1. The Morgan fingerprint density at radius 3 is 2.70 bits per heavy atom. The minimum atomic E-state index is -0.378. The molecule has 0 N–H and O–H groups in total. The third-order valence-electron chi connectivity index (χ3n) is 3.05. The standard InChI is InChI=1S/C18H14N2O2S/c21-17(7-6-14-8-10-19-11-9-14)22-13-16-12-20-18(23-16)15-4-2-1-3-5-15/h1-12H,13H2. The molecule has 0 amide bonds. The molecule has 0 aliphatic rings. The van der Waals surface area contributed by atoms with Gasteiger partial charge in [-0.25, -0.2) is 9.78 Å². The van der Waals surface area contributed by atoms with Crippen LogP contribution in [0.3, 0.4) is 0 Å². The molecule has 3 aromatic rings. The SMILES string of the molecule is O=C(C=Cc1ccncc1)OCc1cnc(-c2ccccc2)s1. The van der Waals surface area contributed by atoms with Gasteiger partial charge in [-0.1, -0.05) is 30.3 Å². The molecule has 114 valence electrons. The summed E-state index contributed by atoms with van der Waals surface area (Å²) in [7, 11) is 0. The molecule has 5 heteroatoms. The fourth-order valence-corrected chi connectivity index (χ4v) is 2.75. The monoisotopic (exact) mass is 322 g/mol. The number of aromatic nitrogens is 2. The Morgan fingerprint density at radius 1 is 1.13 bits per heavy atom. The summed E-state index contributed by atoms with van der Waals surface area (Å²) < 4.78 is 5.23. The number of hydrogen-bond acceptors (Lipinski definition) is 5. The molecule has 0 fully saturated rings. The molecule has 1 aromatic carbocycles. The number of nitrogens with zero attached hydrogens (tertiary/aromatic N) is 2. The van der Waals surface area contributed by atoms with Crippen LogP contribution in [0.4, 0.5) is 0 Å². The van der Waals surface area contributed by atoms with Crippen molar-refractivity contribution in [2.24, 2.45) is 0 Å². The number of esters is 1. The van der Waals surface area contributed by atoms with E-state index in [2.05, 4.69) is 9.97 Å². The summed E-state index contributed by atoms with van der Waals surface area (Å²) in [5, 5.41) is 0.920. The van der Waals surface area contributed by atoms with Gasteiger partial charge in [0, 0.05) is 30.2 Å². The molecule has 0 saturated heterocycles. The second kappa shape index (κ2) is 7.47. The van der Waals surface area contributed by atoms with Gasteiger partial charge in [0.05, 0.1) is 4.88 Å². The Bertz CT molecular complexity index is 798. The first-order valence-electron chi connectivity index (χ1n) is 7.06. The van der Waals surface area contributed by atoms with E-state index in [-0.39, 0.29) is 12.6 Å². The fraction of sp³-hybridized carbons (Fsp3) is 0.0556. The van der Waals surface area contributed by atoms with Crippen LogP contribution in [0.5, 0.6) is 0 Å². The van der Waals surface area contributed by atoms with Crippen molar-refractivity contribution in [1.29, 1.82) is 0 Å². The Hall–Kier alpha value is -2.79. The zero-order valence-electron chi connectivity index (χ0n) is 12.3. The molecule has 0 radical (unpaired) electrons. The van der Waals surface area contributed by atoms with Crippen molar-refractivity contribution in [2.75, 3.05) is 0 Å². The zero-order valence-corrected chi connectivity index (χ0v) is 13.1. The maximum Gasteiger partial charge on any atom is 0.331 e. The highest BCUT2D eigenvalue weighted by Crippen LogP contribution is 2.25. The molecule has 0 atom stereocenters. The summed E-state index contributed by atoms with van der Waals surface area (Å²) in [6, 6.07) is 13.6. The molecule has 3 rings (SSSR count). The average molecular weight is 322 g/mol. The number of carbonyl (C=O) groups is 1. The van der Waals surface area contributed by atoms with Crippen molar-refractivity contribution in [2.45, 2.75) is 6.61 Å². The number of benzene rings is 1. The first-order valence-corrected chi connectivity index (χ1v) is 7.88. The molecule has 2 aromatic heterocycles. The first-order chi connectivity index (χ1) is 11.3. The van der Waals surface area contributed by atoms with Crippen molar-refractivity contribution in [3.63, 3.8) is 0 Å². The van der Waals surface area contributed by atoms with Crippen LogP contribution in [0.25, 0.3) is 16.6 Å². The van der Waals surface area contributed by atoms with Crippen molar-refractivity contribution in [3.05, 3.63) is 77.6 Å². The van der Waals surface area contributed by atoms with E-state index in [0.29, 0.717) is 0 Å². The van der Waals surface area contributed by atoms with Gasteiger partial charge in [-0.05, 0) is 23.8 Å². The number of thiazole rings is 1. The predicted molar refractivity (Wildman–Crippen MR) is 90.6 cm³/mol. The Balaban J connectivity index is 1.55. The minimum Gasteiger partial charge on any atom is -0.457 e. The number of carbonyl (C=O) groups excluding carboxylic acids is 1. The lowest BCUT2D eigenvalue weighted by atomic mass is 10.2. The zero-order chi connectivity index (χ0) is 15.9. The van der Waals surface area contributed by atoms with Crippen LogP contribution in [0, 0.1) is 0 Å². The fourth-order valence-electron chi connectivity index (χ4n) is 1.92. The molecule has 0 aliphatic carbocycles. The van der Waals surface area contributed by atoms with E-state index in [0.717, 1.165) is 21.0 Å². The van der Waals surface area contributed by atoms with Crippen molar-refractivity contribution >= 4 is 23.4 Å². The van der Waals surface area contributed by atoms with Crippen molar-refractivity contribution in [3.8, 4) is 10.6 Å². The van der Waals surface area contributed by atoms with Gasteiger partial charge in [0.25, 0.3) is 0 Å². The molecule has 0 unspecified atom stereocenters. The van der Waals surface area contributed by atoms with E-state index in [1.807, 2.05) is 42.5 Å². The molecule has 0 bridgehead atoms. The van der Waals surface area contributed by atoms with E-state index >= 15 is 0 Å². The molecule has 0 aliphatic heterocycles. The third kappa shape index (κ3) is 4.34. The highest BCUT2D eigenvalue weighted by molar-refractivity contribution is 7.15. The highest BCUT2D eigenvalue weighted by atomic mass is 32.1. The van der Waals surface area contributed by atoms with Gasteiger partial charge in [0.15, 0.2) is 0 Å². The van der Waals surface area contributed by atoms with Crippen LogP contribution in [0.2, 0.25) is 0 Å². The normalized spacial score (nSPS) is 10.8. The minimum absolute atomic E-state index is 0.226. The summed E-state index contributed by atoms with van der Waals surface area (Å²) in [5.74, 6) is -0.378. The lowest BCUT2D eigenvalue weighted by Crippen LogP contribution is -1.99. The van der Waals surface area contributed by atoms with Gasteiger partial charge in [0.1, 0.15) is 11.6 Å². The lowest BCUT2D eigenvalue weighted by molar-refractivity contribution is -0.138. The summed E-state index contributed by atoms with van der Waals surface area (Å²) in [6.07, 6.45) is 8.20. The van der Waals surface area contributed by atoms with Crippen molar-refractivity contribution in [1.82, 2.24) is 9.97 Å². The number of pyridine rings is 1. The van der Waals surface area contributed by atoms with E-state index in [1.54, 1.807) is 24.7 Å². The summed E-state index contributed by atoms with van der Waals surface area (Å²) in [5.41, 5.74) is 1.97. The van der Waals surface area contributed by atoms with Gasteiger partial charge in [-0.15, -0.1) is 11.3 Å². The van der Waals surface area contributed by atoms with Crippen LogP contribution >= 0.6 is 11.3 Å². The first kappa shape index (κ1) is 15.1. The molecular weight excluding hydrogens is 308 g/mol. The molecule has 23 heavy (non-hydrogen) atoms. The number of hydrogen-bond donors (Lipinski definition) is 0. The second-order valence-electron chi connectivity index (χ2n) is 4.72.